The van der Waals surface area contributed by atoms with Crippen LogP contribution in [0.2, 0.25) is 0 Å². The first-order valence-electron chi connectivity index (χ1n) is 4.13. The second kappa shape index (κ2) is 3.28. The van der Waals surface area contributed by atoms with Crippen molar-refractivity contribution in [2.75, 3.05) is 0 Å². The summed E-state index contributed by atoms with van der Waals surface area (Å²) in [4.78, 5) is 10.7. The first kappa shape index (κ1) is 8.98. The van der Waals surface area contributed by atoms with Crippen molar-refractivity contribution in [3.63, 3.8) is 0 Å². The van der Waals surface area contributed by atoms with Gasteiger partial charge in [0, 0.05) is 6.54 Å². The van der Waals surface area contributed by atoms with Crippen molar-refractivity contribution in [2.24, 2.45) is 5.92 Å². The molecule has 5 heteroatoms. The van der Waals surface area contributed by atoms with Gasteiger partial charge in [0.25, 0.3) is 0 Å². The van der Waals surface area contributed by atoms with E-state index in [4.69, 9.17) is 5.11 Å². The zero-order valence-corrected chi connectivity index (χ0v) is 9.06. The lowest BCUT2D eigenvalue weighted by molar-refractivity contribution is 0.0695. The van der Waals surface area contributed by atoms with Crippen molar-refractivity contribution >= 4 is 28.6 Å². The van der Waals surface area contributed by atoms with Crippen LogP contribution in [0.4, 0.5) is 0 Å². The van der Waals surface area contributed by atoms with E-state index in [1.165, 1.54) is 19.0 Å². The minimum Gasteiger partial charge on any atom is -0.478 e. The standard InChI is InChI=1S/C8H9IN2O2/c9-7-6(8(12)13)3-10-11(7)4-5-1-2-5/h3,5H,1-2,4H2,(H,12,13). The van der Waals surface area contributed by atoms with E-state index in [0.29, 0.717) is 5.56 Å². The van der Waals surface area contributed by atoms with E-state index in [-0.39, 0.29) is 0 Å². The Bertz CT molecular complexity index is 344. The minimum absolute atomic E-state index is 0.307. The van der Waals surface area contributed by atoms with Gasteiger partial charge in [-0.05, 0) is 41.4 Å². The van der Waals surface area contributed by atoms with Gasteiger partial charge in [-0.25, -0.2) is 4.79 Å². The molecule has 1 fully saturated rings. The van der Waals surface area contributed by atoms with Gasteiger partial charge in [0.1, 0.15) is 9.26 Å². The minimum atomic E-state index is -0.897. The fraction of sp³-hybridized carbons (Fsp3) is 0.500. The van der Waals surface area contributed by atoms with Crippen LogP contribution in [0.25, 0.3) is 0 Å². The quantitative estimate of drug-likeness (QED) is 0.861. The van der Waals surface area contributed by atoms with Gasteiger partial charge in [0.15, 0.2) is 0 Å². The highest BCUT2D eigenvalue weighted by Crippen LogP contribution is 2.31. The fourth-order valence-corrected chi connectivity index (χ4v) is 1.88. The van der Waals surface area contributed by atoms with Crippen LogP contribution in [0.15, 0.2) is 6.20 Å². The van der Waals surface area contributed by atoms with Gasteiger partial charge in [0.05, 0.1) is 6.20 Å². The normalized spacial score (nSPS) is 16.1. The molecule has 1 heterocycles. The molecule has 0 aliphatic heterocycles. The number of aromatic nitrogens is 2. The molecule has 0 saturated heterocycles. The number of nitrogens with zero attached hydrogens (tertiary/aromatic N) is 2. The molecule has 0 amide bonds. The lowest BCUT2D eigenvalue weighted by atomic mass is 10.4. The van der Waals surface area contributed by atoms with Crippen molar-refractivity contribution in [1.82, 2.24) is 9.78 Å². The maximum atomic E-state index is 10.7. The van der Waals surface area contributed by atoms with Crippen LogP contribution in [0, 0.1) is 9.62 Å². The van der Waals surface area contributed by atoms with Crippen LogP contribution in [0.5, 0.6) is 0 Å². The van der Waals surface area contributed by atoms with Gasteiger partial charge in [-0.3, -0.25) is 4.68 Å². The zero-order chi connectivity index (χ0) is 9.42. The van der Waals surface area contributed by atoms with Crippen molar-refractivity contribution in [2.45, 2.75) is 19.4 Å². The number of carbonyl (C=O) groups is 1. The maximum Gasteiger partial charge on any atom is 0.340 e. The molecule has 0 bridgehead atoms. The highest BCUT2D eigenvalue weighted by Gasteiger charge is 2.24. The second-order valence-corrected chi connectivity index (χ2v) is 4.30. The molecule has 0 unspecified atom stereocenters. The zero-order valence-electron chi connectivity index (χ0n) is 6.90. The predicted octanol–water partition coefficient (Wildman–Crippen LogP) is 1.60. The summed E-state index contributed by atoms with van der Waals surface area (Å²) >= 11 is 2.03. The Kier molecular flexibility index (Phi) is 2.27. The third-order valence-corrected chi connectivity index (χ3v) is 3.27. The number of halogens is 1. The van der Waals surface area contributed by atoms with Crippen molar-refractivity contribution in [3.05, 3.63) is 15.5 Å². The van der Waals surface area contributed by atoms with Gasteiger partial charge in [-0.2, -0.15) is 5.10 Å². The molecule has 0 atom stereocenters. The van der Waals surface area contributed by atoms with Crippen LogP contribution in [0.1, 0.15) is 23.2 Å². The predicted molar refractivity (Wildman–Crippen MR) is 54.6 cm³/mol. The van der Waals surface area contributed by atoms with Crippen LogP contribution in [-0.2, 0) is 6.54 Å². The third-order valence-electron chi connectivity index (χ3n) is 2.13. The summed E-state index contributed by atoms with van der Waals surface area (Å²) in [6.07, 6.45) is 3.92. The summed E-state index contributed by atoms with van der Waals surface area (Å²) < 4.78 is 2.51. The Morgan fingerprint density at radius 1 is 1.77 bits per heavy atom. The van der Waals surface area contributed by atoms with Gasteiger partial charge in [0.2, 0.25) is 0 Å². The van der Waals surface area contributed by atoms with E-state index in [1.807, 2.05) is 22.6 Å². The number of aromatic carboxylic acids is 1. The second-order valence-electron chi connectivity index (χ2n) is 3.28. The largest absolute Gasteiger partial charge is 0.478 e. The number of carboxylic acid groups (broad SMARTS) is 1. The molecule has 0 aromatic carbocycles. The first-order valence-corrected chi connectivity index (χ1v) is 5.21. The van der Waals surface area contributed by atoms with Crippen LogP contribution in [-0.4, -0.2) is 20.9 Å². The highest BCUT2D eigenvalue weighted by atomic mass is 127. The van der Waals surface area contributed by atoms with E-state index in [0.717, 1.165) is 16.2 Å². The van der Waals surface area contributed by atoms with Gasteiger partial charge >= 0.3 is 5.97 Å². The van der Waals surface area contributed by atoms with Gasteiger partial charge < -0.3 is 5.11 Å². The van der Waals surface area contributed by atoms with E-state index in [2.05, 4.69) is 5.10 Å². The number of carboxylic acids is 1. The molecule has 1 aromatic rings. The summed E-state index contributed by atoms with van der Waals surface area (Å²) in [5, 5.41) is 12.8. The molecular weight excluding hydrogens is 283 g/mol. The van der Waals surface area contributed by atoms with E-state index in [1.54, 1.807) is 4.68 Å². The van der Waals surface area contributed by atoms with Gasteiger partial charge in [-0.15, -0.1) is 0 Å². The Hall–Kier alpha value is -0.590. The molecule has 0 spiro atoms. The van der Waals surface area contributed by atoms with E-state index < -0.39 is 5.97 Å². The first-order chi connectivity index (χ1) is 6.18. The number of hydrogen-bond donors (Lipinski definition) is 1. The van der Waals surface area contributed by atoms with Crippen LogP contribution < -0.4 is 0 Å². The molecule has 0 radical (unpaired) electrons. The molecular formula is C8H9IN2O2. The molecule has 13 heavy (non-hydrogen) atoms. The monoisotopic (exact) mass is 292 g/mol. The molecule has 2 rings (SSSR count). The molecule has 1 aliphatic carbocycles. The summed E-state index contributed by atoms with van der Waals surface area (Å²) in [5.41, 5.74) is 0.307. The van der Waals surface area contributed by atoms with Crippen LogP contribution in [0.3, 0.4) is 0 Å². The Labute approximate surface area is 89.1 Å². The number of hydrogen-bond acceptors (Lipinski definition) is 2. The SMILES string of the molecule is O=C(O)c1cnn(CC2CC2)c1I. The Balaban J connectivity index is 2.21. The lowest BCUT2D eigenvalue weighted by Crippen LogP contribution is -2.05. The Morgan fingerprint density at radius 2 is 2.46 bits per heavy atom. The smallest absolute Gasteiger partial charge is 0.340 e. The molecule has 4 nitrogen and oxygen atoms in total. The molecule has 70 valence electrons. The topological polar surface area (TPSA) is 55.1 Å². The molecule has 1 aromatic heterocycles. The average molecular weight is 292 g/mol. The fourth-order valence-electron chi connectivity index (χ4n) is 1.19. The lowest BCUT2D eigenvalue weighted by Gasteiger charge is -2.00. The molecule has 1 N–H and O–H groups in total. The maximum absolute atomic E-state index is 10.7. The van der Waals surface area contributed by atoms with E-state index in [9.17, 15) is 4.79 Å². The van der Waals surface area contributed by atoms with E-state index >= 15 is 0 Å². The third kappa shape index (κ3) is 1.84. The van der Waals surface area contributed by atoms with Crippen LogP contribution >= 0.6 is 22.6 Å². The highest BCUT2D eigenvalue weighted by molar-refractivity contribution is 14.1. The Morgan fingerprint density at radius 3 is 2.92 bits per heavy atom. The van der Waals surface area contributed by atoms with Crippen molar-refractivity contribution in [1.29, 1.82) is 0 Å². The van der Waals surface area contributed by atoms with Gasteiger partial charge in [-0.1, -0.05) is 0 Å². The molecule has 1 saturated carbocycles. The summed E-state index contributed by atoms with van der Waals surface area (Å²) in [6.45, 7) is 0.867. The van der Waals surface area contributed by atoms with Crippen molar-refractivity contribution < 1.29 is 9.90 Å². The summed E-state index contributed by atoms with van der Waals surface area (Å²) in [5.74, 6) is -0.179. The molecule has 1 aliphatic rings. The number of rotatable bonds is 3. The van der Waals surface area contributed by atoms with Crippen molar-refractivity contribution in [3.8, 4) is 0 Å². The summed E-state index contributed by atoms with van der Waals surface area (Å²) in [6, 6.07) is 0. The summed E-state index contributed by atoms with van der Waals surface area (Å²) in [7, 11) is 0. The average Bonchev–Trinajstić information content (AvgIpc) is 2.78.